The molecule has 0 unspecified atom stereocenters. The van der Waals surface area contributed by atoms with E-state index in [0.29, 0.717) is 11.4 Å². The maximum Gasteiger partial charge on any atom is 0.339 e. The third-order valence-corrected chi connectivity index (χ3v) is 2.27. The fourth-order valence-electron chi connectivity index (χ4n) is 1.46. The fraction of sp³-hybridized carbons (Fsp3) is 0.0909. The lowest BCUT2D eigenvalue weighted by Crippen LogP contribution is -2.00. The summed E-state index contributed by atoms with van der Waals surface area (Å²) < 4.78 is 1.35. The van der Waals surface area contributed by atoms with E-state index >= 15 is 0 Å². The summed E-state index contributed by atoms with van der Waals surface area (Å²) in [6.07, 6.45) is 2.87. The molecule has 0 atom stereocenters. The normalized spacial score (nSPS) is 9.88. The molecule has 1 N–H and O–H groups in total. The van der Waals surface area contributed by atoms with Gasteiger partial charge in [-0.2, -0.15) is 10.4 Å². The Hall–Kier alpha value is -2.68. The summed E-state index contributed by atoms with van der Waals surface area (Å²) in [7, 11) is 0. The van der Waals surface area contributed by atoms with Crippen molar-refractivity contribution in [3.8, 4) is 11.8 Å². The molecule has 0 saturated heterocycles. The van der Waals surface area contributed by atoms with Gasteiger partial charge in [-0.1, -0.05) is 0 Å². The summed E-state index contributed by atoms with van der Waals surface area (Å²) in [5.41, 5.74) is 1.17. The van der Waals surface area contributed by atoms with Crippen molar-refractivity contribution in [3.63, 3.8) is 0 Å². The third kappa shape index (κ3) is 1.86. The standard InChI is InChI=1S/C11H8N4O2/c1-7-8(11(16)17)6-15(14-7)10-3-2-4-13-9(10)5-12/h2-4,6H,1H3,(H,16,17). The van der Waals surface area contributed by atoms with Crippen molar-refractivity contribution in [3.05, 3.63) is 41.5 Å². The van der Waals surface area contributed by atoms with Crippen molar-refractivity contribution in [1.29, 1.82) is 5.26 Å². The lowest BCUT2D eigenvalue weighted by atomic mass is 10.3. The highest BCUT2D eigenvalue weighted by Crippen LogP contribution is 2.13. The Morgan fingerprint density at radius 2 is 2.35 bits per heavy atom. The number of carboxylic acids is 1. The molecule has 0 bridgehead atoms. The SMILES string of the molecule is Cc1nn(-c2cccnc2C#N)cc1C(=O)O. The Morgan fingerprint density at radius 1 is 1.59 bits per heavy atom. The van der Waals surface area contributed by atoms with Gasteiger partial charge in [0.15, 0.2) is 5.69 Å². The largest absolute Gasteiger partial charge is 0.478 e. The molecule has 6 nitrogen and oxygen atoms in total. The summed E-state index contributed by atoms with van der Waals surface area (Å²) in [5, 5.41) is 21.9. The monoisotopic (exact) mass is 228 g/mol. The quantitative estimate of drug-likeness (QED) is 0.832. The molecule has 6 heteroatoms. The van der Waals surface area contributed by atoms with E-state index in [1.807, 2.05) is 6.07 Å². The number of aryl methyl sites for hydroxylation is 1. The predicted molar refractivity (Wildman–Crippen MR) is 57.8 cm³/mol. The Morgan fingerprint density at radius 3 is 2.94 bits per heavy atom. The Balaban J connectivity index is 2.58. The zero-order valence-corrected chi connectivity index (χ0v) is 8.95. The minimum Gasteiger partial charge on any atom is -0.478 e. The highest BCUT2D eigenvalue weighted by molar-refractivity contribution is 5.88. The third-order valence-electron chi connectivity index (χ3n) is 2.27. The van der Waals surface area contributed by atoms with E-state index in [4.69, 9.17) is 10.4 Å². The first kappa shape index (κ1) is 10.8. The Labute approximate surface area is 96.8 Å². The molecule has 2 rings (SSSR count). The van der Waals surface area contributed by atoms with Gasteiger partial charge in [-0.15, -0.1) is 0 Å². The number of pyridine rings is 1. The first-order valence-electron chi connectivity index (χ1n) is 4.78. The van der Waals surface area contributed by atoms with Gasteiger partial charge >= 0.3 is 5.97 Å². The van der Waals surface area contributed by atoms with Crippen LogP contribution in [0.25, 0.3) is 5.69 Å². The maximum absolute atomic E-state index is 10.9. The van der Waals surface area contributed by atoms with Crippen LogP contribution in [-0.4, -0.2) is 25.8 Å². The van der Waals surface area contributed by atoms with E-state index in [2.05, 4.69) is 10.1 Å². The number of hydrogen-bond donors (Lipinski definition) is 1. The van der Waals surface area contributed by atoms with Gasteiger partial charge in [-0.25, -0.2) is 14.5 Å². The number of rotatable bonds is 2. The fourth-order valence-corrected chi connectivity index (χ4v) is 1.46. The predicted octanol–water partition coefficient (Wildman–Crippen LogP) is 1.15. The molecule has 84 valence electrons. The second-order valence-corrected chi connectivity index (χ2v) is 3.36. The van der Waals surface area contributed by atoms with Gasteiger partial charge in [-0.05, 0) is 19.1 Å². The molecule has 2 aromatic rings. The molecule has 0 amide bonds. The first-order valence-corrected chi connectivity index (χ1v) is 4.78. The molecule has 0 spiro atoms. The lowest BCUT2D eigenvalue weighted by molar-refractivity contribution is 0.0696. The summed E-state index contributed by atoms with van der Waals surface area (Å²) in [6.45, 7) is 1.60. The van der Waals surface area contributed by atoms with Crippen LogP contribution in [-0.2, 0) is 0 Å². The van der Waals surface area contributed by atoms with Gasteiger partial charge in [0.25, 0.3) is 0 Å². The molecule has 2 heterocycles. The number of nitriles is 1. The molecule has 0 saturated carbocycles. The highest BCUT2D eigenvalue weighted by atomic mass is 16.4. The maximum atomic E-state index is 10.9. The van der Waals surface area contributed by atoms with Crippen LogP contribution < -0.4 is 0 Å². The van der Waals surface area contributed by atoms with Gasteiger partial charge in [0.05, 0.1) is 5.69 Å². The lowest BCUT2D eigenvalue weighted by Gasteiger charge is -2.01. The van der Waals surface area contributed by atoms with Crippen molar-refractivity contribution >= 4 is 5.97 Å². The van der Waals surface area contributed by atoms with Crippen LogP contribution >= 0.6 is 0 Å². The second kappa shape index (κ2) is 4.06. The van der Waals surface area contributed by atoms with Gasteiger partial charge in [0, 0.05) is 12.4 Å². The number of nitrogens with zero attached hydrogens (tertiary/aromatic N) is 4. The van der Waals surface area contributed by atoms with E-state index in [-0.39, 0.29) is 11.3 Å². The van der Waals surface area contributed by atoms with Crippen LogP contribution in [0.15, 0.2) is 24.5 Å². The molecule has 0 aliphatic carbocycles. The molecule has 17 heavy (non-hydrogen) atoms. The number of carbonyl (C=O) groups is 1. The highest BCUT2D eigenvalue weighted by Gasteiger charge is 2.14. The summed E-state index contributed by atoms with van der Waals surface area (Å²) >= 11 is 0. The van der Waals surface area contributed by atoms with E-state index in [1.54, 1.807) is 19.1 Å². The molecule has 0 radical (unpaired) electrons. The van der Waals surface area contributed by atoms with Crippen LogP contribution in [0.5, 0.6) is 0 Å². The van der Waals surface area contributed by atoms with Crippen molar-refractivity contribution in [2.24, 2.45) is 0 Å². The average molecular weight is 228 g/mol. The number of aromatic carboxylic acids is 1. The van der Waals surface area contributed by atoms with E-state index in [0.717, 1.165) is 0 Å². The first-order chi connectivity index (χ1) is 8.13. The van der Waals surface area contributed by atoms with Crippen molar-refractivity contribution < 1.29 is 9.90 Å². The summed E-state index contributed by atoms with van der Waals surface area (Å²) in [6, 6.07) is 5.25. The smallest absolute Gasteiger partial charge is 0.339 e. The van der Waals surface area contributed by atoms with Gasteiger partial charge in [0.1, 0.15) is 17.3 Å². The molecule has 2 aromatic heterocycles. The van der Waals surface area contributed by atoms with Crippen LogP contribution in [0, 0.1) is 18.3 Å². The second-order valence-electron chi connectivity index (χ2n) is 3.36. The Bertz CT molecular complexity index is 625. The minimum atomic E-state index is -1.05. The van der Waals surface area contributed by atoms with Crippen molar-refractivity contribution in [2.45, 2.75) is 6.92 Å². The molecule has 0 aromatic carbocycles. The zero-order chi connectivity index (χ0) is 12.4. The molecule has 0 fully saturated rings. The topological polar surface area (TPSA) is 91.8 Å². The zero-order valence-electron chi connectivity index (χ0n) is 8.95. The van der Waals surface area contributed by atoms with Crippen molar-refractivity contribution in [1.82, 2.24) is 14.8 Å². The number of hydrogen-bond acceptors (Lipinski definition) is 4. The van der Waals surface area contributed by atoms with Crippen molar-refractivity contribution in [2.75, 3.05) is 0 Å². The van der Waals surface area contributed by atoms with E-state index in [9.17, 15) is 4.79 Å². The van der Waals surface area contributed by atoms with Crippen LogP contribution in [0.2, 0.25) is 0 Å². The molecular formula is C11H8N4O2. The summed E-state index contributed by atoms with van der Waals surface area (Å²) in [4.78, 5) is 14.8. The van der Waals surface area contributed by atoms with Crippen LogP contribution in [0.4, 0.5) is 0 Å². The number of carboxylic acid groups (broad SMARTS) is 1. The van der Waals surface area contributed by atoms with Crippen LogP contribution in [0.3, 0.4) is 0 Å². The van der Waals surface area contributed by atoms with E-state index < -0.39 is 5.97 Å². The molecular weight excluding hydrogens is 220 g/mol. The molecule has 0 aliphatic heterocycles. The van der Waals surface area contributed by atoms with Crippen LogP contribution in [0.1, 0.15) is 21.7 Å². The Kier molecular flexibility index (Phi) is 2.58. The molecule has 0 aliphatic rings. The van der Waals surface area contributed by atoms with Gasteiger partial charge in [-0.3, -0.25) is 0 Å². The summed E-state index contributed by atoms with van der Waals surface area (Å²) in [5.74, 6) is -1.05. The average Bonchev–Trinajstić information content (AvgIpc) is 2.71. The minimum absolute atomic E-state index is 0.109. The van der Waals surface area contributed by atoms with Gasteiger partial charge < -0.3 is 5.11 Å². The number of aromatic nitrogens is 3. The van der Waals surface area contributed by atoms with E-state index in [1.165, 1.54) is 17.1 Å². The van der Waals surface area contributed by atoms with Gasteiger partial charge in [0.2, 0.25) is 0 Å².